The van der Waals surface area contributed by atoms with Crippen molar-refractivity contribution in [2.75, 3.05) is 0 Å². The van der Waals surface area contributed by atoms with Crippen LogP contribution < -0.4 is 0 Å². The highest BCUT2D eigenvalue weighted by Gasteiger charge is 2.11. The van der Waals surface area contributed by atoms with Gasteiger partial charge in [0, 0.05) is 10.9 Å². The van der Waals surface area contributed by atoms with Crippen molar-refractivity contribution in [2.24, 2.45) is 0 Å². The Bertz CT molecular complexity index is 554. The molecule has 1 heterocycles. The molecule has 2 N–H and O–H groups in total. The second kappa shape index (κ2) is 3.24. The Morgan fingerprint density at radius 1 is 1.33 bits per heavy atom. The number of carboxylic acid groups (broad SMARTS) is 1. The molecule has 0 bridgehead atoms. The van der Waals surface area contributed by atoms with E-state index in [2.05, 4.69) is 4.98 Å². The van der Waals surface area contributed by atoms with E-state index >= 15 is 0 Å². The van der Waals surface area contributed by atoms with E-state index in [-0.39, 0.29) is 11.5 Å². The van der Waals surface area contributed by atoms with Gasteiger partial charge in [-0.3, -0.25) is 4.79 Å². The normalized spacial score (nSPS) is 10.5. The summed E-state index contributed by atoms with van der Waals surface area (Å²) in [5.41, 5.74) is 1.20. The maximum absolute atomic E-state index is 11.3. The zero-order chi connectivity index (χ0) is 11.0. The maximum atomic E-state index is 11.3. The van der Waals surface area contributed by atoms with Crippen molar-refractivity contribution in [3.05, 3.63) is 35.5 Å². The summed E-state index contributed by atoms with van der Waals surface area (Å²) in [5.74, 6) is -1.11. The number of aromatic carboxylic acids is 1. The first-order valence-corrected chi connectivity index (χ1v) is 4.45. The van der Waals surface area contributed by atoms with E-state index in [1.165, 1.54) is 13.0 Å². The number of para-hydroxylation sites is 1. The quantitative estimate of drug-likeness (QED) is 0.734. The molecule has 0 amide bonds. The first kappa shape index (κ1) is 9.45. The van der Waals surface area contributed by atoms with Crippen molar-refractivity contribution in [1.82, 2.24) is 4.98 Å². The van der Waals surface area contributed by atoms with Crippen LogP contribution in [0, 0.1) is 0 Å². The van der Waals surface area contributed by atoms with Gasteiger partial charge in [-0.1, -0.05) is 12.1 Å². The van der Waals surface area contributed by atoms with Gasteiger partial charge in [0.15, 0.2) is 5.78 Å². The van der Waals surface area contributed by atoms with Gasteiger partial charge in [-0.2, -0.15) is 0 Å². The van der Waals surface area contributed by atoms with E-state index in [1.807, 2.05) is 0 Å². The number of aromatic nitrogens is 1. The molecule has 4 nitrogen and oxygen atoms in total. The smallest absolute Gasteiger partial charge is 0.352 e. The van der Waals surface area contributed by atoms with Crippen molar-refractivity contribution < 1.29 is 14.7 Å². The summed E-state index contributed by atoms with van der Waals surface area (Å²) in [5, 5.41) is 9.54. The molecule has 2 aromatic rings. The van der Waals surface area contributed by atoms with Gasteiger partial charge in [0.2, 0.25) is 0 Å². The minimum absolute atomic E-state index is 0.0839. The van der Waals surface area contributed by atoms with E-state index < -0.39 is 5.97 Å². The number of carbonyl (C=O) groups is 2. The van der Waals surface area contributed by atoms with E-state index in [1.54, 1.807) is 18.2 Å². The number of nitrogens with one attached hydrogen (secondary N) is 1. The molecular weight excluding hydrogens is 194 g/mol. The average Bonchev–Trinajstić information content (AvgIpc) is 2.60. The van der Waals surface area contributed by atoms with Gasteiger partial charge < -0.3 is 10.1 Å². The molecule has 0 radical (unpaired) electrons. The Hall–Kier alpha value is -2.10. The number of aromatic amines is 1. The molecule has 2 rings (SSSR count). The number of fused-ring (bicyclic) bond motifs is 1. The summed E-state index contributed by atoms with van der Waals surface area (Å²) in [6.07, 6.45) is 0. The minimum Gasteiger partial charge on any atom is -0.477 e. The van der Waals surface area contributed by atoms with Crippen LogP contribution in [0.3, 0.4) is 0 Å². The molecule has 76 valence electrons. The Labute approximate surface area is 85.5 Å². The van der Waals surface area contributed by atoms with Gasteiger partial charge in [-0.15, -0.1) is 0 Å². The van der Waals surface area contributed by atoms with Crippen LogP contribution in [0.5, 0.6) is 0 Å². The predicted octanol–water partition coefficient (Wildman–Crippen LogP) is 2.07. The number of benzene rings is 1. The second-order valence-electron chi connectivity index (χ2n) is 3.31. The largest absolute Gasteiger partial charge is 0.477 e. The molecule has 0 unspecified atom stereocenters. The summed E-state index contributed by atoms with van der Waals surface area (Å²) < 4.78 is 0. The highest BCUT2D eigenvalue weighted by Crippen LogP contribution is 2.19. The molecular formula is C11H9NO3. The van der Waals surface area contributed by atoms with E-state index in [0.29, 0.717) is 11.1 Å². The van der Waals surface area contributed by atoms with Crippen LogP contribution in [0.1, 0.15) is 27.8 Å². The maximum Gasteiger partial charge on any atom is 0.352 e. The van der Waals surface area contributed by atoms with E-state index in [4.69, 9.17) is 5.11 Å². The van der Waals surface area contributed by atoms with Gasteiger partial charge in [0.25, 0.3) is 0 Å². The predicted molar refractivity (Wildman–Crippen MR) is 55.3 cm³/mol. The SMILES string of the molecule is CC(=O)c1cccc2cc(C(=O)O)[nH]c12. The van der Waals surface area contributed by atoms with Gasteiger partial charge in [-0.05, 0) is 19.1 Å². The van der Waals surface area contributed by atoms with Crippen LogP contribution in [0.4, 0.5) is 0 Å². The zero-order valence-electron chi connectivity index (χ0n) is 8.07. The zero-order valence-corrected chi connectivity index (χ0v) is 8.07. The number of H-pyrrole nitrogens is 1. The Kier molecular flexibility index (Phi) is 2.04. The lowest BCUT2D eigenvalue weighted by molar-refractivity contribution is 0.0691. The van der Waals surface area contributed by atoms with E-state index in [0.717, 1.165) is 5.39 Å². The van der Waals surface area contributed by atoms with Gasteiger partial charge in [0.05, 0.1) is 5.52 Å². The number of hydrogen-bond acceptors (Lipinski definition) is 2. The number of hydrogen-bond donors (Lipinski definition) is 2. The lowest BCUT2D eigenvalue weighted by atomic mass is 10.1. The number of Topliss-reactive ketones (excluding diaryl/α,β-unsaturated/α-hetero) is 1. The fourth-order valence-electron chi connectivity index (χ4n) is 1.56. The van der Waals surface area contributed by atoms with Crippen molar-refractivity contribution in [2.45, 2.75) is 6.92 Å². The number of rotatable bonds is 2. The molecule has 0 fully saturated rings. The minimum atomic E-state index is -1.03. The second-order valence-corrected chi connectivity index (χ2v) is 3.31. The van der Waals surface area contributed by atoms with E-state index in [9.17, 15) is 9.59 Å². The Balaban J connectivity index is 2.75. The molecule has 0 saturated heterocycles. The van der Waals surface area contributed by atoms with Gasteiger partial charge in [0.1, 0.15) is 5.69 Å². The molecule has 0 saturated carbocycles. The van der Waals surface area contributed by atoms with Crippen LogP contribution >= 0.6 is 0 Å². The summed E-state index contributed by atoms with van der Waals surface area (Å²) in [7, 11) is 0. The summed E-state index contributed by atoms with van der Waals surface area (Å²) in [6, 6.07) is 6.69. The van der Waals surface area contributed by atoms with Crippen molar-refractivity contribution in [3.63, 3.8) is 0 Å². The average molecular weight is 203 g/mol. The lowest BCUT2D eigenvalue weighted by Crippen LogP contribution is -1.96. The topological polar surface area (TPSA) is 70.2 Å². The molecule has 15 heavy (non-hydrogen) atoms. The summed E-state index contributed by atoms with van der Waals surface area (Å²) >= 11 is 0. The van der Waals surface area contributed by atoms with Crippen LogP contribution in [0.2, 0.25) is 0 Å². The molecule has 1 aromatic carbocycles. The molecule has 0 atom stereocenters. The molecule has 0 aliphatic heterocycles. The number of carboxylic acids is 1. The first-order valence-electron chi connectivity index (χ1n) is 4.45. The standard InChI is InChI=1S/C11H9NO3/c1-6(13)8-4-2-3-7-5-9(11(14)15)12-10(7)8/h2-5,12H,1H3,(H,14,15). The Morgan fingerprint density at radius 2 is 2.07 bits per heavy atom. The monoisotopic (exact) mass is 203 g/mol. The van der Waals surface area contributed by atoms with Crippen molar-refractivity contribution in [3.8, 4) is 0 Å². The third-order valence-corrected chi connectivity index (χ3v) is 2.27. The van der Waals surface area contributed by atoms with Gasteiger partial charge >= 0.3 is 5.97 Å². The van der Waals surface area contributed by atoms with Crippen molar-refractivity contribution in [1.29, 1.82) is 0 Å². The fraction of sp³-hybridized carbons (Fsp3) is 0.0909. The molecule has 4 heteroatoms. The van der Waals surface area contributed by atoms with Gasteiger partial charge in [-0.25, -0.2) is 4.79 Å². The first-order chi connectivity index (χ1) is 7.09. The fourth-order valence-corrected chi connectivity index (χ4v) is 1.56. The summed E-state index contributed by atoms with van der Waals surface area (Å²) in [4.78, 5) is 24.7. The van der Waals surface area contributed by atoms with Crippen LogP contribution in [0.25, 0.3) is 10.9 Å². The molecule has 0 aliphatic rings. The van der Waals surface area contributed by atoms with Crippen LogP contribution in [-0.2, 0) is 0 Å². The molecule has 0 spiro atoms. The molecule has 1 aromatic heterocycles. The Morgan fingerprint density at radius 3 is 2.67 bits per heavy atom. The van der Waals surface area contributed by atoms with Crippen molar-refractivity contribution >= 4 is 22.7 Å². The summed E-state index contributed by atoms with van der Waals surface area (Å²) in [6.45, 7) is 1.45. The number of ketones is 1. The number of carbonyl (C=O) groups excluding carboxylic acids is 1. The highest BCUT2D eigenvalue weighted by molar-refractivity contribution is 6.07. The highest BCUT2D eigenvalue weighted by atomic mass is 16.4. The lowest BCUT2D eigenvalue weighted by Gasteiger charge is -1.96. The molecule has 0 aliphatic carbocycles. The third kappa shape index (κ3) is 1.50. The third-order valence-electron chi connectivity index (χ3n) is 2.27. The van der Waals surface area contributed by atoms with Crippen LogP contribution in [-0.4, -0.2) is 21.8 Å². The van der Waals surface area contributed by atoms with Crippen LogP contribution in [0.15, 0.2) is 24.3 Å².